The van der Waals surface area contributed by atoms with Gasteiger partial charge in [-0.05, 0) is 49.7 Å². The van der Waals surface area contributed by atoms with E-state index in [1.807, 2.05) is 0 Å². The van der Waals surface area contributed by atoms with Gasteiger partial charge in [-0.25, -0.2) is 4.79 Å². The molecular weight excluding hydrogens is 460 g/mol. The summed E-state index contributed by atoms with van der Waals surface area (Å²) in [6.45, 7) is 3.46. The lowest BCUT2D eigenvalue weighted by Crippen LogP contribution is -2.44. The van der Waals surface area contributed by atoms with Crippen molar-refractivity contribution in [1.29, 1.82) is 0 Å². The third kappa shape index (κ3) is 6.62. The number of unbranched alkanes of at least 4 members (excludes halogenated alkanes) is 4. The van der Waals surface area contributed by atoms with Crippen LogP contribution in [0.25, 0.3) is 0 Å². The van der Waals surface area contributed by atoms with Gasteiger partial charge in [-0.3, -0.25) is 19.3 Å². The van der Waals surface area contributed by atoms with Gasteiger partial charge in [0.2, 0.25) is 5.91 Å². The summed E-state index contributed by atoms with van der Waals surface area (Å²) < 4.78 is 5.24. The number of rotatable bonds is 12. The van der Waals surface area contributed by atoms with E-state index < -0.39 is 17.5 Å². The second-order valence-electron chi connectivity index (χ2n) is 9.10. The van der Waals surface area contributed by atoms with Crippen molar-refractivity contribution in [3.8, 4) is 5.75 Å². The molecule has 9 nitrogen and oxygen atoms in total. The normalized spacial score (nSPS) is 17.0. The van der Waals surface area contributed by atoms with Gasteiger partial charge in [-0.1, -0.05) is 51.2 Å². The third-order valence-corrected chi connectivity index (χ3v) is 6.21. The summed E-state index contributed by atoms with van der Waals surface area (Å²) in [7, 11) is 1.52. The van der Waals surface area contributed by atoms with E-state index >= 15 is 0 Å². The topological polar surface area (TPSA) is 117 Å². The second-order valence-corrected chi connectivity index (χ2v) is 9.10. The Kier molecular flexibility index (Phi) is 9.05. The van der Waals surface area contributed by atoms with Gasteiger partial charge in [-0.15, -0.1) is 0 Å². The lowest BCUT2D eigenvalue weighted by Gasteiger charge is -2.21. The fourth-order valence-electron chi connectivity index (χ4n) is 4.13. The van der Waals surface area contributed by atoms with Crippen molar-refractivity contribution in [2.45, 2.75) is 57.9 Å². The van der Waals surface area contributed by atoms with Gasteiger partial charge in [0.1, 0.15) is 17.8 Å². The zero-order valence-corrected chi connectivity index (χ0v) is 21.1. The van der Waals surface area contributed by atoms with Gasteiger partial charge in [0, 0.05) is 11.3 Å². The van der Waals surface area contributed by atoms with Crippen LogP contribution in [0.4, 0.5) is 16.2 Å². The molecule has 1 aliphatic heterocycles. The molecule has 1 saturated heterocycles. The number of hydrogen-bond acceptors (Lipinski definition) is 5. The molecule has 0 aliphatic carbocycles. The molecule has 0 saturated carbocycles. The number of carbonyl (C=O) groups excluding carboxylic acids is 4. The summed E-state index contributed by atoms with van der Waals surface area (Å²) in [4.78, 5) is 51.3. The first-order valence-electron chi connectivity index (χ1n) is 12.3. The fourth-order valence-corrected chi connectivity index (χ4v) is 4.13. The van der Waals surface area contributed by atoms with E-state index in [4.69, 9.17) is 4.74 Å². The molecule has 192 valence electrons. The Balaban J connectivity index is 1.53. The maximum Gasteiger partial charge on any atom is 0.325 e. The van der Waals surface area contributed by atoms with Crippen LogP contribution in [-0.2, 0) is 9.59 Å². The number of urea groups is 1. The molecule has 2 aromatic rings. The van der Waals surface area contributed by atoms with Crippen molar-refractivity contribution in [1.82, 2.24) is 10.2 Å². The molecule has 9 heteroatoms. The maximum atomic E-state index is 12.9. The predicted molar refractivity (Wildman–Crippen MR) is 138 cm³/mol. The lowest BCUT2D eigenvalue weighted by molar-refractivity contribution is -0.133. The third-order valence-electron chi connectivity index (χ3n) is 6.21. The summed E-state index contributed by atoms with van der Waals surface area (Å²) in [5, 5.41) is 8.20. The van der Waals surface area contributed by atoms with Crippen LogP contribution in [0.5, 0.6) is 5.75 Å². The van der Waals surface area contributed by atoms with Gasteiger partial charge < -0.3 is 20.7 Å². The van der Waals surface area contributed by atoms with Crippen LogP contribution in [0.3, 0.4) is 0 Å². The first kappa shape index (κ1) is 26.7. The van der Waals surface area contributed by atoms with E-state index in [1.54, 1.807) is 55.5 Å². The van der Waals surface area contributed by atoms with Gasteiger partial charge in [-0.2, -0.15) is 0 Å². The minimum atomic E-state index is -0.986. The van der Waals surface area contributed by atoms with E-state index in [9.17, 15) is 19.2 Å². The molecule has 1 atom stereocenters. The number of methoxy groups -OCH3 is 1. The average molecular weight is 495 g/mol. The molecule has 0 spiro atoms. The van der Waals surface area contributed by atoms with Crippen molar-refractivity contribution < 1.29 is 23.9 Å². The first-order valence-corrected chi connectivity index (χ1v) is 12.3. The van der Waals surface area contributed by atoms with Crippen LogP contribution in [0.2, 0.25) is 0 Å². The van der Waals surface area contributed by atoms with Gasteiger partial charge >= 0.3 is 6.03 Å². The van der Waals surface area contributed by atoms with E-state index in [1.165, 1.54) is 7.11 Å². The highest BCUT2D eigenvalue weighted by atomic mass is 16.5. The number of carbonyl (C=O) groups is 4. The molecule has 5 amide bonds. The Labute approximate surface area is 211 Å². The molecule has 0 aromatic heterocycles. The monoisotopic (exact) mass is 494 g/mol. The van der Waals surface area contributed by atoms with Crippen molar-refractivity contribution in [3.63, 3.8) is 0 Å². The zero-order chi connectivity index (χ0) is 26.1. The Morgan fingerprint density at radius 2 is 1.67 bits per heavy atom. The van der Waals surface area contributed by atoms with E-state index in [2.05, 4.69) is 22.9 Å². The van der Waals surface area contributed by atoms with Crippen molar-refractivity contribution in [2.24, 2.45) is 0 Å². The number of benzene rings is 2. The Hall–Kier alpha value is -3.88. The van der Waals surface area contributed by atoms with Crippen molar-refractivity contribution >= 4 is 35.1 Å². The molecular formula is C27H34N4O5. The number of amides is 5. The highest BCUT2D eigenvalue weighted by Crippen LogP contribution is 2.25. The van der Waals surface area contributed by atoms with Crippen LogP contribution >= 0.6 is 0 Å². The fraction of sp³-hybridized carbons (Fsp3) is 0.407. The van der Waals surface area contributed by atoms with Crippen molar-refractivity contribution in [3.05, 3.63) is 54.1 Å². The molecule has 3 rings (SSSR count). The smallest absolute Gasteiger partial charge is 0.325 e. The highest BCUT2D eigenvalue weighted by Gasteiger charge is 2.47. The first-order chi connectivity index (χ1) is 17.3. The van der Waals surface area contributed by atoms with Crippen LogP contribution in [0.15, 0.2) is 48.5 Å². The number of nitrogens with zero attached hydrogens (tertiary/aromatic N) is 1. The summed E-state index contributed by atoms with van der Waals surface area (Å²) in [6, 6.07) is 12.8. The van der Waals surface area contributed by atoms with Gasteiger partial charge in [0.25, 0.3) is 11.8 Å². The lowest BCUT2D eigenvalue weighted by atomic mass is 9.94. The summed E-state index contributed by atoms with van der Waals surface area (Å²) in [5.41, 5.74) is 0.395. The highest BCUT2D eigenvalue weighted by molar-refractivity contribution is 6.10. The summed E-state index contributed by atoms with van der Waals surface area (Å²) in [6.07, 6.45) is 5.75. The number of ether oxygens (including phenoxy) is 1. The molecule has 2 aromatic carbocycles. The molecule has 0 radical (unpaired) electrons. The van der Waals surface area contributed by atoms with Crippen LogP contribution in [-0.4, -0.2) is 47.8 Å². The van der Waals surface area contributed by atoms with E-state index in [0.29, 0.717) is 29.1 Å². The molecule has 1 fully saturated rings. The number of nitrogens with one attached hydrogen (secondary N) is 3. The Bertz CT molecular complexity index is 1100. The molecule has 3 N–H and O–H groups in total. The second kappa shape index (κ2) is 12.2. The van der Waals surface area contributed by atoms with Gasteiger partial charge in [0.15, 0.2) is 0 Å². The standard InChI is InChI=1S/C27H34N4O5/c1-4-5-6-7-10-17-27(2)25(34)31(26(35)30-27)18-23(32)28-20-15-13-19(14-16-20)24(33)29-21-11-8-9-12-22(21)36-3/h8-9,11-16H,4-7,10,17-18H2,1-3H3,(H,28,32)(H,29,33)(H,30,35). The Morgan fingerprint density at radius 3 is 2.36 bits per heavy atom. The minimum absolute atomic E-state index is 0.328. The largest absolute Gasteiger partial charge is 0.495 e. The molecule has 36 heavy (non-hydrogen) atoms. The van der Waals surface area contributed by atoms with Gasteiger partial charge in [0.05, 0.1) is 12.8 Å². The Morgan fingerprint density at radius 1 is 0.972 bits per heavy atom. The number of para-hydroxylation sites is 2. The number of hydrogen-bond donors (Lipinski definition) is 3. The number of imide groups is 1. The molecule has 1 heterocycles. The van der Waals surface area contributed by atoms with Crippen LogP contribution < -0.4 is 20.7 Å². The summed E-state index contributed by atoms with van der Waals surface area (Å²) >= 11 is 0. The number of anilines is 2. The van der Waals surface area contributed by atoms with E-state index in [-0.39, 0.29) is 18.4 Å². The molecule has 1 aliphatic rings. The quantitative estimate of drug-likeness (QED) is 0.295. The zero-order valence-electron chi connectivity index (χ0n) is 21.1. The minimum Gasteiger partial charge on any atom is -0.495 e. The van der Waals surface area contributed by atoms with Crippen LogP contribution in [0.1, 0.15) is 62.7 Å². The maximum absolute atomic E-state index is 12.9. The predicted octanol–water partition coefficient (Wildman–Crippen LogP) is 4.56. The SMILES string of the molecule is CCCCCCCC1(C)NC(=O)N(CC(=O)Nc2ccc(C(=O)Nc3ccccc3OC)cc2)C1=O. The average Bonchev–Trinajstić information content (AvgIpc) is 3.07. The van der Waals surface area contributed by atoms with E-state index in [0.717, 1.165) is 37.0 Å². The molecule has 0 bridgehead atoms. The summed E-state index contributed by atoms with van der Waals surface area (Å²) in [5.74, 6) is -0.674. The molecule has 1 unspecified atom stereocenters. The van der Waals surface area contributed by atoms with Crippen LogP contribution in [0, 0.1) is 0 Å². The van der Waals surface area contributed by atoms with Crippen molar-refractivity contribution in [2.75, 3.05) is 24.3 Å².